The van der Waals surface area contributed by atoms with Crippen molar-refractivity contribution in [2.75, 3.05) is 18.4 Å². The number of para-hydroxylation sites is 1. The minimum atomic E-state index is -0.641. The van der Waals surface area contributed by atoms with Crippen LogP contribution >= 0.6 is 0 Å². The third-order valence-electron chi connectivity index (χ3n) is 4.05. The average Bonchev–Trinajstić information content (AvgIpc) is 2.49. The highest BCUT2D eigenvalue weighted by molar-refractivity contribution is 6.39. The molecule has 2 rings (SSSR count). The molecular formula is C16H22N2O3. The number of piperidine rings is 1. The Kier molecular flexibility index (Phi) is 4.96. The lowest BCUT2D eigenvalue weighted by Crippen LogP contribution is -2.49. The van der Waals surface area contributed by atoms with E-state index in [-0.39, 0.29) is 12.5 Å². The van der Waals surface area contributed by atoms with Gasteiger partial charge in [-0.05, 0) is 30.4 Å². The number of aliphatic hydroxyl groups is 1. The molecule has 1 aliphatic rings. The monoisotopic (exact) mass is 290 g/mol. The summed E-state index contributed by atoms with van der Waals surface area (Å²) in [5.74, 6) is -1.05. The van der Waals surface area contributed by atoms with Crippen LogP contribution in [0.2, 0.25) is 0 Å². The molecule has 2 atom stereocenters. The van der Waals surface area contributed by atoms with E-state index in [0.717, 1.165) is 12.0 Å². The first-order chi connectivity index (χ1) is 10.0. The van der Waals surface area contributed by atoms with Gasteiger partial charge in [-0.15, -0.1) is 0 Å². The summed E-state index contributed by atoms with van der Waals surface area (Å²) in [6.07, 6.45) is 0.939. The topological polar surface area (TPSA) is 69.6 Å². The lowest BCUT2D eigenvalue weighted by Gasteiger charge is -2.33. The summed E-state index contributed by atoms with van der Waals surface area (Å²) >= 11 is 0. The van der Waals surface area contributed by atoms with E-state index in [2.05, 4.69) is 5.32 Å². The van der Waals surface area contributed by atoms with Crippen LogP contribution in [0.15, 0.2) is 24.3 Å². The van der Waals surface area contributed by atoms with E-state index in [4.69, 9.17) is 0 Å². The summed E-state index contributed by atoms with van der Waals surface area (Å²) in [6, 6.07) is 7.44. The predicted molar refractivity (Wildman–Crippen MR) is 80.8 cm³/mol. The van der Waals surface area contributed by atoms with Gasteiger partial charge in [-0.3, -0.25) is 9.59 Å². The summed E-state index contributed by atoms with van der Waals surface area (Å²) in [4.78, 5) is 25.7. The maximum Gasteiger partial charge on any atom is 0.313 e. The molecule has 1 aromatic carbocycles. The van der Waals surface area contributed by atoms with Gasteiger partial charge in [0.15, 0.2) is 0 Å². The second-order valence-electron chi connectivity index (χ2n) is 5.55. The van der Waals surface area contributed by atoms with E-state index in [9.17, 15) is 14.7 Å². The Morgan fingerprint density at radius 3 is 2.76 bits per heavy atom. The first-order valence-corrected chi connectivity index (χ1v) is 7.39. The van der Waals surface area contributed by atoms with Crippen LogP contribution in [0.1, 0.15) is 25.8 Å². The molecule has 0 radical (unpaired) electrons. The lowest BCUT2D eigenvalue weighted by molar-refractivity contribution is -0.146. The number of nitrogens with one attached hydrogen (secondary N) is 1. The van der Waals surface area contributed by atoms with Gasteiger partial charge >= 0.3 is 11.8 Å². The molecule has 5 heteroatoms. The van der Waals surface area contributed by atoms with Gasteiger partial charge in [-0.2, -0.15) is 0 Å². The number of aryl methyl sites for hydroxylation is 1. The summed E-state index contributed by atoms with van der Waals surface area (Å²) in [5, 5.41) is 12.5. The largest absolute Gasteiger partial charge is 0.391 e. The van der Waals surface area contributed by atoms with Crippen molar-refractivity contribution in [3.8, 4) is 0 Å². The van der Waals surface area contributed by atoms with Crippen molar-refractivity contribution in [1.29, 1.82) is 0 Å². The fourth-order valence-corrected chi connectivity index (χ4v) is 2.50. The summed E-state index contributed by atoms with van der Waals surface area (Å²) in [6.45, 7) is 4.68. The Morgan fingerprint density at radius 1 is 1.38 bits per heavy atom. The first-order valence-electron chi connectivity index (χ1n) is 7.39. The second kappa shape index (κ2) is 6.72. The van der Waals surface area contributed by atoms with E-state index in [1.54, 1.807) is 6.07 Å². The van der Waals surface area contributed by atoms with Crippen molar-refractivity contribution < 1.29 is 14.7 Å². The normalized spacial score (nSPS) is 22.0. The number of amides is 2. The smallest absolute Gasteiger partial charge is 0.313 e. The molecule has 0 aromatic heterocycles. The standard InChI is InChI=1S/C16H22N2O3/c1-3-12-6-4-5-7-13(12)17-15(20)16(21)18-9-8-11(2)14(19)10-18/h4-7,11,14,19H,3,8-10H2,1-2H3,(H,17,20). The third kappa shape index (κ3) is 3.61. The molecule has 1 aliphatic heterocycles. The SMILES string of the molecule is CCc1ccccc1NC(=O)C(=O)N1CCC(C)C(O)C1. The molecule has 0 bridgehead atoms. The summed E-state index contributed by atoms with van der Waals surface area (Å²) in [7, 11) is 0. The second-order valence-corrected chi connectivity index (χ2v) is 5.55. The van der Waals surface area contributed by atoms with Crippen molar-refractivity contribution in [2.45, 2.75) is 32.8 Å². The molecule has 2 unspecified atom stereocenters. The van der Waals surface area contributed by atoms with Gasteiger partial charge in [0.25, 0.3) is 0 Å². The Bertz CT molecular complexity index is 530. The van der Waals surface area contributed by atoms with Gasteiger partial charge in [-0.1, -0.05) is 32.0 Å². The molecule has 1 fully saturated rings. The first kappa shape index (κ1) is 15.5. The zero-order valence-electron chi connectivity index (χ0n) is 12.5. The fourth-order valence-electron chi connectivity index (χ4n) is 2.50. The number of carbonyl (C=O) groups is 2. The van der Waals surface area contributed by atoms with E-state index in [1.807, 2.05) is 32.0 Å². The highest BCUT2D eigenvalue weighted by atomic mass is 16.3. The van der Waals surface area contributed by atoms with Crippen molar-refractivity contribution >= 4 is 17.5 Å². The number of β-amino-alcohol motifs (C(OH)–C–C–N with tert-alkyl or cyclic N) is 1. The molecule has 2 amide bonds. The van der Waals surface area contributed by atoms with Gasteiger partial charge in [0, 0.05) is 18.8 Å². The molecule has 1 aromatic rings. The van der Waals surface area contributed by atoms with Crippen LogP contribution in [0.25, 0.3) is 0 Å². The molecule has 5 nitrogen and oxygen atoms in total. The molecular weight excluding hydrogens is 268 g/mol. The van der Waals surface area contributed by atoms with Crippen LogP contribution in [0.3, 0.4) is 0 Å². The van der Waals surface area contributed by atoms with E-state index in [0.29, 0.717) is 18.7 Å². The fraction of sp³-hybridized carbons (Fsp3) is 0.500. The Labute approximate surface area is 125 Å². The predicted octanol–water partition coefficient (Wildman–Crippen LogP) is 1.42. The van der Waals surface area contributed by atoms with Crippen LogP contribution in [0, 0.1) is 5.92 Å². The van der Waals surface area contributed by atoms with E-state index >= 15 is 0 Å². The molecule has 0 spiro atoms. The molecule has 2 N–H and O–H groups in total. The molecule has 21 heavy (non-hydrogen) atoms. The van der Waals surface area contributed by atoms with Crippen LogP contribution in [-0.4, -0.2) is 41.0 Å². The number of nitrogens with zero attached hydrogens (tertiary/aromatic N) is 1. The van der Waals surface area contributed by atoms with Gasteiger partial charge in [-0.25, -0.2) is 0 Å². The Morgan fingerprint density at radius 2 is 2.10 bits per heavy atom. The maximum absolute atomic E-state index is 12.2. The molecule has 0 saturated carbocycles. The Balaban J connectivity index is 2.01. The molecule has 1 saturated heterocycles. The number of rotatable bonds is 2. The van der Waals surface area contributed by atoms with E-state index in [1.165, 1.54) is 4.90 Å². The van der Waals surface area contributed by atoms with E-state index < -0.39 is 17.9 Å². The van der Waals surface area contributed by atoms with Crippen molar-refractivity contribution in [2.24, 2.45) is 5.92 Å². The summed E-state index contributed by atoms with van der Waals surface area (Å²) < 4.78 is 0. The third-order valence-corrected chi connectivity index (χ3v) is 4.05. The number of carbonyl (C=O) groups excluding carboxylic acids is 2. The number of aliphatic hydroxyl groups excluding tert-OH is 1. The van der Waals surface area contributed by atoms with Crippen molar-refractivity contribution in [1.82, 2.24) is 4.90 Å². The molecule has 114 valence electrons. The van der Waals surface area contributed by atoms with Gasteiger partial charge < -0.3 is 15.3 Å². The van der Waals surface area contributed by atoms with Crippen LogP contribution in [-0.2, 0) is 16.0 Å². The number of anilines is 1. The summed E-state index contributed by atoms with van der Waals surface area (Å²) in [5.41, 5.74) is 1.66. The van der Waals surface area contributed by atoms with Gasteiger partial charge in [0.2, 0.25) is 0 Å². The quantitative estimate of drug-likeness (QED) is 0.809. The minimum absolute atomic E-state index is 0.165. The maximum atomic E-state index is 12.2. The van der Waals surface area contributed by atoms with Gasteiger partial charge in [0.05, 0.1) is 6.10 Å². The number of hydrogen-bond acceptors (Lipinski definition) is 3. The number of hydrogen-bond donors (Lipinski definition) is 2. The molecule has 1 heterocycles. The highest BCUT2D eigenvalue weighted by Gasteiger charge is 2.30. The van der Waals surface area contributed by atoms with Crippen LogP contribution in [0.5, 0.6) is 0 Å². The minimum Gasteiger partial charge on any atom is -0.391 e. The Hall–Kier alpha value is -1.88. The van der Waals surface area contributed by atoms with Gasteiger partial charge in [0.1, 0.15) is 0 Å². The lowest BCUT2D eigenvalue weighted by atomic mass is 9.96. The number of benzene rings is 1. The van der Waals surface area contributed by atoms with Crippen molar-refractivity contribution in [3.63, 3.8) is 0 Å². The average molecular weight is 290 g/mol. The molecule has 0 aliphatic carbocycles. The zero-order valence-corrected chi connectivity index (χ0v) is 12.5. The van der Waals surface area contributed by atoms with Crippen LogP contribution in [0.4, 0.5) is 5.69 Å². The zero-order chi connectivity index (χ0) is 15.4. The number of likely N-dealkylation sites (tertiary alicyclic amines) is 1. The van der Waals surface area contributed by atoms with Crippen molar-refractivity contribution in [3.05, 3.63) is 29.8 Å². The highest BCUT2D eigenvalue weighted by Crippen LogP contribution is 2.18. The van der Waals surface area contributed by atoms with Crippen LogP contribution < -0.4 is 5.32 Å².